The maximum atomic E-state index is 5.75. The van der Waals surface area contributed by atoms with Gasteiger partial charge in [-0.3, -0.25) is 0 Å². The van der Waals surface area contributed by atoms with Crippen molar-refractivity contribution >= 4 is 0 Å². The fourth-order valence-corrected chi connectivity index (χ4v) is 1.63. The van der Waals surface area contributed by atoms with Gasteiger partial charge in [-0.25, -0.2) is 0 Å². The fourth-order valence-electron chi connectivity index (χ4n) is 1.63. The van der Waals surface area contributed by atoms with E-state index >= 15 is 0 Å². The van der Waals surface area contributed by atoms with E-state index in [0.717, 1.165) is 13.2 Å². The summed E-state index contributed by atoms with van der Waals surface area (Å²) in [5, 5.41) is 3.42. The number of hydrogen-bond acceptors (Lipinski definition) is 2. The van der Waals surface area contributed by atoms with Crippen LogP contribution in [0.2, 0.25) is 0 Å². The van der Waals surface area contributed by atoms with Crippen molar-refractivity contribution in [3.8, 4) is 0 Å². The maximum absolute atomic E-state index is 5.75. The summed E-state index contributed by atoms with van der Waals surface area (Å²) in [5.41, 5.74) is 0. The summed E-state index contributed by atoms with van der Waals surface area (Å²) in [6, 6.07) is 0.644. The highest BCUT2D eigenvalue weighted by atomic mass is 16.5. The molecule has 1 fully saturated rings. The van der Waals surface area contributed by atoms with E-state index in [9.17, 15) is 0 Å². The standard InChI is InChI=1S/C10H21NO/c1-3-4-7-12-10-5-6-11-9(2)8-10/h9-11H,3-8H2,1-2H3. The molecule has 2 heteroatoms. The van der Waals surface area contributed by atoms with Gasteiger partial charge in [0.1, 0.15) is 0 Å². The molecule has 1 N–H and O–H groups in total. The normalized spacial score (nSPS) is 30.5. The molecule has 1 rings (SSSR count). The first-order chi connectivity index (χ1) is 5.83. The van der Waals surface area contributed by atoms with Gasteiger partial charge in [0.05, 0.1) is 6.10 Å². The molecule has 0 amide bonds. The highest BCUT2D eigenvalue weighted by molar-refractivity contribution is 4.75. The number of rotatable bonds is 4. The summed E-state index contributed by atoms with van der Waals surface area (Å²) >= 11 is 0. The summed E-state index contributed by atoms with van der Waals surface area (Å²) in [7, 11) is 0. The highest BCUT2D eigenvalue weighted by Crippen LogP contribution is 2.12. The fraction of sp³-hybridized carbons (Fsp3) is 1.00. The lowest BCUT2D eigenvalue weighted by atomic mass is 10.0. The lowest BCUT2D eigenvalue weighted by Crippen LogP contribution is -2.39. The van der Waals surface area contributed by atoms with Crippen LogP contribution in [0.15, 0.2) is 0 Å². The van der Waals surface area contributed by atoms with Crippen LogP contribution in [0.1, 0.15) is 39.5 Å². The van der Waals surface area contributed by atoms with Crippen LogP contribution in [0.25, 0.3) is 0 Å². The number of nitrogens with one attached hydrogen (secondary N) is 1. The minimum Gasteiger partial charge on any atom is -0.378 e. The average Bonchev–Trinajstić information content (AvgIpc) is 2.05. The molecule has 1 aliphatic heterocycles. The molecule has 1 heterocycles. The predicted octanol–water partition coefficient (Wildman–Crippen LogP) is 1.94. The molecule has 1 saturated heterocycles. The first-order valence-corrected chi connectivity index (χ1v) is 5.18. The van der Waals surface area contributed by atoms with E-state index in [1.807, 2.05) is 0 Å². The van der Waals surface area contributed by atoms with E-state index in [-0.39, 0.29) is 0 Å². The van der Waals surface area contributed by atoms with Gasteiger partial charge in [0.15, 0.2) is 0 Å². The van der Waals surface area contributed by atoms with Crippen molar-refractivity contribution in [1.82, 2.24) is 5.32 Å². The third-order valence-electron chi connectivity index (χ3n) is 2.43. The minimum atomic E-state index is 0.521. The van der Waals surface area contributed by atoms with Crippen molar-refractivity contribution in [2.24, 2.45) is 0 Å². The van der Waals surface area contributed by atoms with Crippen LogP contribution in [-0.4, -0.2) is 25.3 Å². The Labute approximate surface area is 75.7 Å². The Bertz CT molecular complexity index is 116. The van der Waals surface area contributed by atoms with Crippen LogP contribution in [0.5, 0.6) is 0 Å². The van der Waals surface area contributed by atoms with Gasteiger partial charge in [0.2, 0.25) is 0 Å². The van der Waals surface area contributed by atoms with Gasteiger partial charge in [-0.05, 0) is 32.7 Å². The molecule has 0 aromatic carbocycles. The van der Waals surface area contributed by atoms with Gasteiger partial charge in [-0.1, -0.05) is 13.3 Å². The lowest BCUT2D eigenvalue weighted by molar-refractivity contribution is 0.0225. The van der Waals surface area contributed by atoms with Crippen LogP contribution in [0, 0.1) is 0 Å². The molecule has 72 valence electrons. The second-order valence-electron chi connectivity index (χ2n) is 3.73. The second-order valence-corrected chi connectivity index (χ2v) is 3.73. The van der Waals surface area contributed by atoms with Crippen molar-refractivity contribution in [2.75, 3.05) is 13.2 Å². The van der Waals surface area contributed by atoms with Crippen molar-refractivity contribution in [2.45, 2.75) is 51.7 Å². The van der Waals surface area contributed by atoms with Crippen LogP contribution in [0.4, 0.5) is 0 Å². The SMILES string of the molecule is CCCCOC1CCNC(C)C1. The van der Waals surface area contributed by atoms with Crippen molar-refractivity contribution in [3.05, 3.63) is 0 Å². The van der Waals surface area contributed by atoms with E-state index in [1.54, 1.807) is 0 Å². The van der Waals surface area contributed by atoms with Crippen LogP contribution < -0.4 is 5.32 Å². The van der Waals surface area contributed by atoms with Gasteiger partial charge in [-0.2, -0.15) is 0 Å². The number of hydrogen-bond donors (Lipinski definition) is 1. The molecule has 2 nitrogen and oxygen atoms in total. The summed E-state index contributed by atoms with van der Waals surface area (Å²) in [6.45, 7) is 6.51. The molecule has 12 heavy (non-hydrogen) atoms. The quantitative estimate of drug-likeness (QED) is 0.653. The molecule has 2 atom stereocenters. The van der Waals surface area contributed by atoms with E-state index in [1.165, 1.54) is 25.7 Å². The zero-order valence-electron chi connectivity index (χ0n) is 8.31. The molecular weight excluding hydrogens is 150 g/mol. The topological polar surface area (TPSA) is 21.3 Å². The van der Waals surface area contributed by atoms with E-state index < -0.39 is 0 Å². The Balaban J connectivity index is 2.06. The van der Waals surface area contributed by atoms with E-state index in [0.29, 0.717) is 12.1 Å². The average molecular weight is 171 g/mol. The van der Waals surface area contributed by atoms with Crippen LogP contribution in [0.3, 0.4) is 0 Å². The monoisotopic (exact) mass is 171 g/mol. The molecule has 0 radical (unpaired) electrons. The molecule has 0 bridgehead atoms. The lowest BCUT2D eigenvalue weighted by Gasteiger charge is -2.27. The van der Waals surface area contributed by atoms with Crippen LogP contribution >= 0.6 is 0 Å². The zero-order chi connectivity index (χ0) is 8.81. The van der Waals surface area contributed by atoms with Crippen LogP contribution in [-0.2, 0) is 4.74 Å². The second kappa shape index (κ2) is 5.55. The molecule has 0 aromatic rings. The minimum absolute atomic E-state index is 0.521. The Morgan fingerprint density at radius 1 is 1.50 bits per heavy atom. The van der Waals surface area contributed by atoms with Gasteiger partial charge in [0.25, 0.3) is 0 Å². The molecule has 0 aliphatic carbocycles. The molecule has 0 saturated carbocycles. The summed E-state index contributed by atoms with van der Waals surface area (Å²) < 4.78 is 5.75. The molecule has 0 aromatic heterocycles. The number of ether oxygens (including phenoxy) is 1. The Hall–Kier alpha value is -0.0800. The first kappa shape index (κ1) is 10.0. The van der Waals surface area contributed by atoms with Crippen molar-refractivity contribution in [3.63, 3.8) is 0 Å². The van der Waals surface area contributed by atoms with Gasteiger partial charge in [-0.15, -0.1) is 0 Å². The summed E-state index contributed by atoms with van der Waals surface area (Å²) in [5.74, 6) is 0. The molecular formula is C10H21NO. The van der Waals surface area contributed by atoms with E-state index in [4.69, 9.17) is 4.74 Å². The van der Waals surface area contributed by atoms with Crippen molar-refractivity contribution in [1.29, 1.82) is 0 Å². The zero-order valence-corrected chi connectivity index (χ0v) is 8.31. The third kappa shape index (κ3) is 3.55. The number of piperidine rings is 1. The Morgan fingerprint density at radius 3 is 3.00 bits per heavy atom. The smallest absolute Gasteiger partial charge is 0.0602 e. The molecule has 1 aliphatic rings. The Morgan fingerprint density at radius 2 is 2.33 bits per heavy atom. The maximum Gasteiger partial charge on any atom is 0.0602 e. The number of unbranched alkanes of at least 4 members (excludes halogenated alkanes) is 1. The molecule has 0 spiro atoms. The summed E-state index contributed by atoms with van der Waals surface area (Å²) in [6.07, 6.45) is 5.34. The van der Waals surface area contributed by atoms with Crippen molar-refractivity contribution < 1.29 is 4.74 Å². The predicted molar refractivity (Wildman–Crippen MR) is 51.3 cm³/mol. The largest absolute Gasteiger partial charge is 0.378 e. The van der Waals surface area contributed by atoms with Gasteiger partial charge >= 0.3 is 0 Å². The first-order valence-electron chi connectivity index (χ1n) is 5.18. The van der Waals surface area contributed by atoms with Gasteiger partial charge in [0, 0.05) is 12.6 Å². The Kier molecular flexibility index (Phi) is 4.62. The van der Waals surface area contributed by atoms with E-state index in [2.05, 4.69) is 19.2 Å². The highest BCUT2D eigenvalue weighted by Gasteiger charge is 2.17. The van der Waals surface area contributed by atoms with Gasteiger partial charge < -0.3 is 10.1 Å². The third-order valence-corrected chi connectivity index (χ3v) is 2.43. The summed E-state index contributed by atoms with van der Waals surface area (Å²) in [4.78, 5) is 0. The molecule has 2 unspecified atom stereocenters.